The molecule has 1 fully saturated rings. The van der Waals surface area contributed by atoms with Crippen LogP contribution in [0.5, 0.6) is 5.75 Å². The molecule has 1 aromatic carbocycles. The van der Waals surface area contributed by atoms with Gasteiger partial charge in [-0.2, -0.15) is 0 Å². The molecule has 0 bridgehead atoms. The first-order valence-corrected chi connectivity index (χ1v) is 6.36. The van der Waals surface area contributed by atoms with Gasteiger partial charge in [-0.15, -0.1) is 6.58 Å². The molecule has 0 saturated carbocycles. The van der Waals surface area contributed by atoms with E-state index in [0.717, 1.165) is 18.8 Å². The highest BCUT2D eigenvalue weighted by atomic mass is 16.5. The highest BCUT2D eigenvalue weighted by Crippen LogP contribution is 2.45. The fraction of sp³-hybridized carbons (Fsp3) is 0.467. The summed E-state index contributed by atoms with van der Waals surface area (Å²) in [5, 5.41) is 0. The van der Waals surface area contributed by atoms with Crippen molar-refractivity contribution in [3.05, 3.63) is 42.0 Å². The van der Waals surface area contributed by atoms with E-state index in [9.17, 15) is 0 Å². The minimum Gasteiger partial charge on any atom is -0.496 e. The lowest BCUT2D eigenvalue weighted by Gasteiger charge is -2.51. The van der Waals surface area contributed by atoms with Crippen molar-refractivity contribution in [2.45, 2.75) is 24.8 Å². The zero-order valence-corrected chi connectivity index (χ0v) is 10.4. The minimum absolute atomic E-state index is 0.676. The van der Waals surface area contributed by atoms with Crippen LogP contribution in [-0.2, 0) is 6.42 Å². The first-order chi connectivity index (χ1) is 8.35. The van der Waals surface area contributed by atoms with Gasteiger partial charge in [0.25, 0.3) is 0 Å². The van der Waals surface area contributed by atoms with Gasteiger partial charge in [0.05, 0.1) is 7.11 Å². The van der Waals surface area contributed by atoms with Gasteiger partial charge in [0.1, 0.15) is 5.75 Å². The van der Waals surface area contributed by atoms with Crippen molar-refractivity contribution in [2.24, 2.45) is 0 Å². The second-order valence-corrected chi connectivity index (χ2v) is 4.99. The smallest absolute Gasteiger partial charge is 0.122 e. The lowest BCUT2D eigenvalue weighted by molar-refractivity contribution is 0.0577. The third-order valence-corrected chi connectivity index (χ3v) is 4.18. The molecule has 0 amide bonds. The quantitative estimate of drug-likeness (QED) is 0.739. The predicted molar refractivity (Wildman–Crippen MR) is 69.6 cm³/mol. The Morgan fingerprint density at radius 1 is 1.53 bits per heavy atom. The number of methoxy groups -OCH3 is 1. The molecule has 2 atom stereocenters. The molecule has 0 aromatic heterocycles. The number of ether oxygens (including phenoxy) is 1. The van der Waals surface area contributed by atoms with Gasteiger partial charge in [0.15, 0.2) is 0 Å². The Labute approximate surface area is 103 Å². The number of benzene rings is 1. The average Bonchev–Trinajstić information content (AvgIpc) is 2.34. The maximum Gasteiger partial charge on any atom is 0.122 e. The van der Waals surface area contributed by atoms with Crippen LogP contribution in [0.3, 0.4) is 0 Å². The molecule has 2 nitrogen and oxygen atoms in total. The SMILES string of the molecule is C=CCN1C[C@H]2c3c(cccc3OC)CC[C@H]21. The van der Waals surface area contributed by atoms with Crippen LogP contribution in [0.1, 0.15) is 23.5 Å². The molecule has 90 valence electrons. The van der Waals surface area contributed by atoms with E-state index >= 15 is 0 Å². The van der Waals surface area contributed by atoms with E-state index in [1.807, 2.05) is 6.08 Å². The molecular weight excluding hydrogens is 210 g/mol. The monoisotopic (exact) mass is 229 g/mol. The summed E-state index contributed by atoms with van der Waals surface area (Å²) in [5.41, 5.74) is 2.95. The fourth-order valence-electron chi connectivity index (χ4n) is 3.38. The number of aryl methyl sites for hydroxylation is 1. The number of hydrogen-bond donors (Lipinski definition) is 0. The Morgan fingerprint density at radius 2 is 2.41 bits per heavy atom. The van der Waals surface area contributed by atoms with Crippen LogP contribution < -0.4 is 4.74 Å². The summed E-state index contributed by atoms with van der Waals surface area (Å²) in [6.07, 6.45) is 4.47. The predicted octanol–water partition coefficient (Wildman–Crippen LogP) is 2.60. The molecular formula is C15H19NO. The van der Waals surface area contributed by atoms with Crippen LogP contribution in [0.25, 0.3) is 0 Å². The van der Waals surface area contributed by atoms with Gasteiger partial charge in [0, 0.05) is 30.6 Å². The summed E-state index contributed by atoms with van der Waals surface area (Å²) in [6.45, 7) is 6.01. The molecule has 1 aliphatic heterocycles. The first-order valence-electron chi connectivity index (χ1n) is 6.36. The average molecular weight is 229 g/mol. The fourth-order valence-corrected chi connectivity index (χ4v) is 3.38. The third kappa shape index (κ3) is 1.59. The summed E-state index contributed by atoms with van der Waals surface area (Å²) in [4.78, 5) is 2.52. The molecule has 0 radical (unpaired) electrons. The van der Waals surface area contributed by atoms with Gasteiger partial charge in [-0.1, -0.05) is 18.2 Å². The van der Waals surface area contributed by atoms with Crippen molar-refractivity contribution in [3.8, 4) is 5.75 Å². The second kappa shape index (κ2) is 4.19. The second-order valence-electron chi connectivity index (χ2n) is 4.99. The molecule has 1 aromatic rings. The largest absolute Gasteiger partial charge is 0.496 e. The molecule has 1 saturated heterocycles. The van der Waals surface area contributed by atoms with Gasteiger partial charge < -0.3 is 4.74 Å². The van der Waals surface area contributed by atoms with Gasteiger partial charge in [-0.3, -0.25) is 4.90 Å². The highest BCUT2D eigenvalue weighted by molar-refractivity contribution is 5.47. The molecule has 3 rings (SSSR count). The summed E-state index contributed by atoms with van der Waals surface area (Å²) in [5.74, 6) is 1.75. The van der Waals surface area contributed by atoms with E-state index in [1.165, 1.54) is 24.0 Å². The third-order valence-electron chi connectivity index (χ3n) is 4.18. The molecule has 1 aliphatic carbocycles. The maximum absolute atomic E-state index is 5.52. The summed E-state index contributed by atoms with van der Waals surface area (Å²) < 4.78 is 5.52. The minimum atomic E-state index is 0.676. The molecule has 0 N–H and O–H groups in total. The highest BCUT2D eigenvalue weighted by Gasteiger charge is 2.43. The van der Waals surface area contributed by atoms with Gasteiger partial charge in [-0.05, 0) is 24.5 Å². The van der Waals surface area contributed by atoms with E-state index in [2.05, 4.69) is 29.7 Å². The van der Waals surface area contributed by atoms with E-state index in [4.69, 9.17) is 4.74 Å². The lowest BCUT2D eigenvalue weighted by atomic mass is 9.72. The normalized spacial score (nSPS) is 26.6. The zero-order chi connectivity index (χ0) is 11.8. The van der Waals surface area contributed by atoms with Crippen molar-refractivity contribution in [2.75, 3.05) is 20.2 Å². The maximum atomic E-state index is 5.52. The number of hydrogen-bond acceptors (Lipinski definition) is 2. The number of fused-ring (bicyclic) bond motifs is 3. The Hall–Kier alpha value is -1.28. The standard InChI is InChI=1S/C15H19NO/c1-3-9-16-10-12-13(16)8-7-11-5-4-6-14(17-2)15(11)12/h3-6,12-13H,1,7-10H2,2H3/t12-,13-/m1/s1. The first kappa shape index (κ1) is 10.8. The Balaban J connectivity index is 1.91. The van der Waals surface area contributed by atoms with Crippen LogP contribution >= 0.6 is 0 Å². The van der Waals surface area contributed by atoms with Gasteiger partial charge in [0.2, 0.25) is 0 Å². The summed E-state index contributed by atoms with van der Waals surface area (Å²) >= 11 is 0. The number of rotatable bonds is 3. The number of likely N-dealkylation sites (tertiary alicyclic amines) is 1. The summed E-state index contributed by atoms with van der Waals surface area (Å²) in [6, 6.07) is 7.16. The molecule has 0 spiro atoms. The Morgan fingerprint density at radius 3 is 3.18 bits per heavy atom. The molecule has 17 heavy (non-hydrogen) atoms. The summed E-state index contributed by atoms with van der Waals surface area (Å²) in [7, 11) is 1.78. The van der Waals surface area contributed by atoms with Crippen LogP contribution in [0.2, 0.25) is 0 Å². The van der Waals surface area contributed by atoms with Crippen LogP contribution in [-0.4, -0.2) is 31.1 Å². The van der Waals surface area contributed by atoms with E-state index in [1.54, 1.807) is 7.11 Å². The molecule has 0 unspecified atom stereocenters. The molecule has 2 aliphatic rings. The van der Waals surface area contributed by atoms with Crippen molar-refractivity contribution in [3.63, 3.8) is 0 Å². The lowest BCUT2D eigenvalue weighted by Crippen LogP contribution is -2.56. The van der Waals surface area contributed by atoms with Crippen LogP contribution in [0.4, 0.5) is 0 Å². The van der Waals surface area contributed by atoms with Crippen LogP contribution in [0, 0.1) is 0 Å². The van der Waals surface area contributed by atoms with Crippen LogP contribution in [0.15, 0.2) is 30.9 Å². The van der Waals surface area contributed by atoms with Gasteiger partial charge in [-0.25, -0.2) is 0 Å². The molecule has 2 heteroatoms. The Bertz CT molecular complexity index is 426. The van der Waals surface area contributed by atoms with E-state index < -0.39 is 0 Å². The molecule has 1 heterocycles. The number of nitrogens with zero attached hydrogens (tertiary/aromatic N) is 1. The van der Waals surface area contributed by atoms with Crippen molar-refractivity contribution in [1.82, 2.24) is 4.90 Å². The van der Waals surface area contributed by atoms with E-state index in [0.29, 0.717) is 12.0 Å². The Kier molecular flexibility index (Phi) is 2.67. The topological polar surface area (TPSA) is 12.5 Å². The van der Waals surface area contributed by atoms with E-state index in [-0.39, 0.29) is 0 Å². The van der Waals surface area contributed by atoms with Crippen molar-refractivity contribution >= 4 is 0 Å². The van der Waals surface area contributed by atoms with Crippen molar-refractivity contribution in [1.29, 1.82) is 0 Å². The zero-order valence-electron chi connectivity index (χ0n) is 10.4. The van der Waals surface area contributed by atoms with Gasteiger partial charge >= 0.3 is 0 Å². The van der Waals surface area contributed by atoms with Crippen molar-refractivity contribution < 1.29 is 4.74 Å².